The van der Waals surface area contributed by atoms with Crippen molar-refractivity contribution in [2.75, 3.05) is 32.9 Å². The second-order valence-electron chi connectivity index (χ2n) is 7.46. The Hall–Kier alpha value is -1.69. The number of hydrogen-bond donors (Lipinski definition) is 1. The third-order valence-corrected chi connectivity index (χ3v) is 5.93. The quantitative estimate of drug-likeness (QED) is 0.777. The molecule has 1 aromatic rings. The largest absolute Gasteiger partial charge is 0.342 e. The SMILES string of the molecule is CSc1cccc(CN(C)C(=O)NCC2CCCN(C(=O)C3CC3)C2)c1. The lowest BCUT2D eigenvalue weighted by Crippen LogP contribution is -2.46. The van der Waals surface area contributed by atoms with Crippen molar-refractivity contribution in [1.29, 1.82) is 0 Å². The molecular formula is C20H29N3O2S. The van der Waals surface area contributed by atoms with Crippen LogP contribution in [0.2, 0.25) is 0 Å². The Kier molecular flexibility index (Phi) is 6.46. The fourth-order valence-electron chi connectivity index (χ4n) is 3.50. The first-order valence-electron chi connectivity index (χ1n) is 9.47. The number of carbonyl (C=O) groups is 2. The van der Waals surface area contributed by atoms with E-state index in [2.05, 4.69) is 23.7 Å². The lowest BCUT2D eigenvalue weighted by atomic mass is 9.97. The van der Waals surface area contributed by atoms with Crippen molar-refractivity contribution in [1.82, 2.24) is 15.1 Å². The summed E-state index contributed by atoms with van der Waals surface area (Å²) in [5.41, 5.74) is 1.13. The summed E-state index contributed by atoms with van der Waals surface area (Å²) in [6.07, 6.45) is 6.28. The number of carbonyl (C=O) groups excluding carboxylic acids is 2. The summed E-state index contributed by atoms with van der Waals surface area (Å²) in [5, 5.41) is 3.05. The highest BCUT2D eigenvalue weighted by atomic mass is 32.2. The van der Waals surface area contributed by atoms with E-state index in [0.29, 0.717) is 24.9 Å². The molecule has 1 unspecified atom stereocenters. The highest BCUT2D eigenvalue weighted by Gasteiger charge is 2.35. The van der Waals surface area contributed by atoms with Crippen LogP contribution in [0.4, 0.5) is 4.79 Å². The average molecular weight is 376 g/mol. The second-order valence-corrected chi connectivity index (χ2v) is 8.34. The summed E-state index contributed by atoms with van der Waals surface area (Å²) in [5.74, 6) is 0.974. The van der Waals surface area contributed by atoms with Crippen LogP contribution in [-0.4, -0.2) is 54.7 Å². The number of amides is 3. The maximum atomic E-state index is 12.4. The molecule has 1 heterocycles. The predicted octanol–water partition coefficient (Wildman–Crippen LogP) is 3.20. The van der Waals surface area contributed by atoms with E-state index < -0.39 is 0 Å². The van der Waals surface area contributed by atoms with Gasteiger partial charge in [0.2, 0.25) is 5.91 Å². The van der Waals surface area contributed by atoms with Gasteiger partial charge in [0, 0.05) is 44.0 Å². The highest BCUT2D eigenvalue weighted by Crippen LogP contribution is 2.32. The molecule has 1 aliphatic heterocycles. The van der Waals surface area contributed by atoms with Crippen molar-refractivity contribution in [3.63, 3.8) is 0 Å². The van der Waals surface area contributed by atoms with Crippen molar-refractivity contribution in [3.8, 4) is 0 Å². The topological polar surface area (TPSA) is 52.7 Å². The minimum Gasteiger partial charge on any atom is -0.342 e. The summed E-state index contributed by atoms with van der Waals surface area (Å²) in [4.78, 5) is 29.6. The van der Waals surface area contributed by atoms with Crippen molar-refractivity contribution in [2.45, 2.75) is 37.1 Å². The lowest BCUT2D eigenvalue weighted by Gasteiger charge is -2.33. The van der Waals surface area contributed by atoms with Gasteiger partial charge in [0.1, 0.15) is 0 Å². The Morgan fingerprint density at radius 2 is 2.12 bits per heavy atom. The monoisotopic (exact) mass is 375 g/mol. The van der Waals surface area contributed by atoms with Gasteiger partial charge in [-0.2, -0.15) is 0 Å². The Morgan fingerprint density at radius 3 is 2.85 bits per heavy atom. The van der Waals surface area contributed by atoms with Crippen LogP contribution in [0.1, 0.15) is 31.2 Å². The average Bonchev–Trinajstić information content (AvgIpc) is 3.51. The fraction of sp³-hybridized carbons (Fsp3) is 0.600. The molecule has 1 N–H and O–H groups in total. The number of thioether (sulfide) groups is 1. The number of piperidine rings is 1. The van der Waals surface area contributed by atoms with E-state index in [1.54, 1.807) is 16.7 Å². The van der Waals surface area contributed by atoms with Crippen LogP contribution < -0.4 is 5.32 Å². The molecule has 6 heteroatoms. The summed E-state index contributed by atoms with van der Waals surface area (Å²) in [6.45, 7) is 2.90. The first kappa shape index (κ1) is 19.1. The van der Waals surface area contributed by atoms with Gasteiger partial charge in [-0.3, -0.25) is 4.79 Å². The standard InChI is InChI=1S/C20H29N3O2S/c1-22(13-15-5-3-7-18(11-15)26-2)20(25)21-12-16-6-4-10-23(14-16)19(24)17-8-9-17/h3,5,7,11,16-17H,4,6,8-10,12-14H2,1-2H3,(H,21,25). The number of nitrogens with one attached hydrogen (secondary N) is 1. The van der Waals surface area contributed by atoms with Gasteiger partial charge in [-0.15, -0.1) is 11.8 Å². The normalized spacial score (nSPS) is 19.9. The molecule has 3 rings (SSSR count). The first-order chi connectivity index (χ1) is 12.6. The van der Waals surface area contributed by atoms with Crippen molar-refractivity contribution >= 4 is 23.7 Å². The summed E-state index contributed by atoms with van der Waals surface area (Å²) < 4.78 is 0. The molecule has 3 amide bonds. The van der Waals surface area contributed by atoms with Crippen LogP contribution in [0.15, 0.2) is 29.2 Å². The molecule has 0 spiro atoms. The molecule has 1 aliphatic carbocycles. The molecule has 142 valence electrons. The van der Waals surface area contributed by atoms with Gasteiger partial charge in [-0.05, 0) is 55.6 Å². The third-order valence-electron chi connectivity index (χ3n) is 5.20. The van der Waals surface area contributed by atoms with E-state index in [1.165, 1.54) is 4.90 Å². The minimum absolute atomic E-state index is 0.0507. The van der Waals surface area contributed by atoms with E-state index in [1.807, 2.05) is 24.1 Å². The molecule has 2 fully saturated rings. The van der Waals surface area contributed by atoms with Gasteiger partial charge < -0.3 is 15.1 Å². The van der Waals surface area contributed by atoms with Crippen molar-refractivity contribution in [2.24, 2.45) is 11.8 Å². The van der Waals surface area contributed by atoms with Gasteiger partial charge in [0.15, 0.2) is 0 Å². The summed E-state index contributed by atoms with van der Waals surface area (Å²) in [7, 11) is 1.82. The Bertz CT molecular complexity index is 648. The molecule has 0 aromatic heterocycles. The van der Waals surface area contributed by atoms with E-state index in [9.17, 15) is 9.59 Å². The minimum atomic E-state index is -0.0507. The Morgan fingerprint density at radius 1 is 1.31 bits per heavy atom. The Labute approximate surface area is 160 Å². The number of urea groups is 1. The molecule has 5 nitrogen and oxygen atoms in total. The van der Waals surface area contributed by atoms with Crippen LogP contribution in [0.3, 0.4) is 0 Å². The van der Waals surface area contributed by atoms with Gasteiger partial charge in [0.25, 0.3) is 0 Å². The number of nitrogens with zero attached hydrogens (tertiary/aromatic N) is 2. The smallest absolute Gasteiger partial charge is 0.317 e. The van der Waals surface area contributed by atoms with Gasteiger partial charge >= 0.3 is 6.03 Å². The predicted molar refractivity (Wildman–Crippen MR) is 105 cm³/mol. The molecule has 1 atom stereocenters. The summed E-state index contributed by atoms with van der Waals surface area (Å²) in [6, 6.07) is 8.22. The van der Waals surface area contributed by atoms with Crippen LogP contribution >= 0.6 is 11.8 Å². The molecule has 0 radical (unpaired) electrons. The van der Waals surface area contributed by atoms with E-state index >= 15 is 0 Å². The zero-order valence-electron chi connectivity index (χ0n) is 15.7. The van der Waals surface area contributed by atoms with Crippen molar-refractivity contribution < 1.29 is 9.59 Å². The molecule has 0 bridgehead atoms. The molecular weight excluding hydrogens is 346 g/mol. The molecule has 1 saturated carbocycles. The summed E-state index contributed by atoms with van der Waals surface area (Å²) >= 11 is 1.71. The number of likely N-dealkylation sites (tertiary alicyclic amines) is 1. The van der Waals surface area contributed by atoms with E-state index in [0.717, 1.165) is 44.3 Å². The molecule has 26 heavy (non-hydrogen) atoms. The first-order valence-corrected chi connectivity index (χ1v) is 10.7. The number of benzene rings is 1. The number of rotatable bonds is 6. The van der Waals surface area contributed by atoms with Crippen molar-refractivity contribution in [3.05, 3.63) is 29.8 Å². The highest BCUT2D eigenvalue weighted by molar-refractivity contribution is 7.98. The van der Waals surface area contributed by atoms with E-state index in [-0.39, 0.29) is 11.9 Å². The Balaban J connectivity index is 1.44. The second kappa shape index (κ2) is 8.80. The number of hydrogen-bond acceptors (Lipinski definition) is 3. The van der Waals surface area contributed by atoms with Crippen LogP contribution in [-0.2, 0) is 11.3 Å². The maximum absolute atomic E-state index is 12.4. The van der Waals surface area contributed by atoms with E-state index in [4.69, 9.17) is 0 Å². The molecule has 1 saturated heterocycles. The van der Waals surface area contributed by atoms with Crippen LogP contribution in [0.25, 0.3) is 0 Å². The van der Waals surface area contributed by atoms with Crippen LogP contribution in [0.5, 0.6) is 0 Å². The van der Waals surface area contributed by atoms with Gasteiger partial charge in [0.05, 0.1) is 0 Å². The zero-order chi connectivity index (χ0) is 18.5. The maximum Gasteiger partial charge on any atom is 0.317 e. The van der Waals surface area contributed by atoms with Gasteiger partial charge in [-0.1, -0.05) is 12.1 Å². The lowest BCUT2D eigenvalue weighted by molar-refractivity contribution is -0.134. The molecule has 2 aliphatic rings. The molecule has 1 aromatic carbocycles. The van der Waals surface area contributed by atoms with Crippen LogP contribution in [0, 0.1) is 11.8 Å². The van der Waals surface area contributed by atoms with Gasteiger partial charge in [-0.25, -0.2) is 4.79 Å². The fourth-order valence-corrected chi connectivity index (χ4v) is 3.99. The third kappa shape index (κ3) is 5.16. The zero-order valence-corrected chi connectivity index (χ0v) is 16.6.